The highest BCUT2D eigenvalue weighted by atomic mass is 32.1. The fraction of sp³-hybridized carbons (Fsp3) is 0.242. The largest absolute Gasteiger partial charge is 0.490 e. The molecule has 0 spiro atoms. The average molecular weight is 569 g/mol. The van der Waals surface area contributed by atoms with Gasteiger partial charge in [0.1, 0.15) is 6.61 Å². The number of allylic oxidation sites excluding steroid dienone is 1. The van der Waals surface area contributed by atoms with E-state index in [-0.39, 0.29) is 12.2 Å². The molecule has 0 radical (unpaired) electrons. The summed E-state index contributed by atoms with van der Waals surface area (Å²) in [5, 5.41) is 0. The first-order valence-corrected chi connectivity index (χ1v) is 14.4. The molecular weight excluding hydrogens is 536 g/mol. The first kappa shape index (κ1) is 28.1. The van der Waals surface area contributed by atoms with Crippen LogP contribution in [0.25, 0.3) is 6.08 Å². The third-order valence-corrected chi connectivity index (χ3v) is 7.70. The fourth-order valence-corrected chi connectivity index (χ4v) is 5.79. The summed E-state index contributed by atoms with van der Waals surface area (Å²) in [6.45, 7) is 8.58. The highest BCUT2D eigenvalue weighted by Gasteiger charge is 2.33. The first-order valence-electron chi connectivity index (χ1n) is 13.6. The Hall–Kier alpha value is -4.43. The normalized spacial score (nSPS) is 14.8. The molecule has 4 aromatic rings. The Bertz CT molecular complexity index is 1770. The molecule has 0 aliphatic carbocycles. The van der Waals surface area contributed by atoms with Crippen molar-refractivity contribution in [1.82, 2.24) is 4.57 Å². The van der Waals surface area contributed by atoms with Crippen molar-refractivity contribution in [3.63, 3.8) is 0 Å². The molecule has 210 valence electrons. The molecule has 7 nitrogen and oxygen atoms in total. The Morgan fingerprint density at radius 3 is 2.41 bits per heavy atom. The molecule has 8 heteroatoms. The zero-order valence-electron chi connectivity index (χ0n) is 23.5. The maximum Gasteiger partial charge on any atom is 0.338 e. The van der Waals surface area contributed by atoms with E-state index in [2.05, 4.69) is 4.99 Å². The second kappa shape index (κ2) is 12.4. The van der Waals surface area contributed by atoms with Gasteiger partial charge in [-0.3, -0.25) is 9.36 Å². The molecule has 1 aliphatic rings. The van der Waals surface area contributed by atoms with Crippen LogP contribution in [0.1, 0.15) is 49.1 Å². The van der Waals surface area contributed by atoms with Crippen LogP contribution in [0, 0.1) is 6.92 Å². The number of esters is 1. The van der Waals surface area contributed by atoms with E-state index in [1.165, 1.54) is 11.3 Å². The van der Waals surface area contributed by atoms with Gasteiger partial charge in [0.15, 0.2) is 16.3 Å². The number of hydrogen-bond donors (Lipinski definition) is 0. The molecule has 0 amide bonds. The minimum atomic E-state index is -0.638. The minimum absolute atomic E-state index is 0.226. The summed E-state index contributed by atoms with van der Waals surface area (Å²) < 4.78 is 19.4. The van der Waals surface area contributed by atoms with Gasteiger partial charge in [0.2, 0.25) is 0 Å². The number of hydrogen-bond acceptors (Lipinski definition) is 7. The molecule has 0 N–H and O–H groups in total. The Balaban J connectivity index is 1.56. The fourth-order valence-electron chi connectivity index (χ4n) is 4.74. The molecule has 2 heterocycles. The summed E-state index contributed by atoms with van der Waals surface area (Å²) >= 11 is 1.29. The van der Waals surface area contributed by atoms with Gasteiger partial charge in [-0.05, 0) is 62.6 Å². The quantitative estimate of drug-likeness (QED) is 0.263. The summed E-state index contributed by atoms with van der Waals surface area (Å²) in [6, 6.07) is 22.7. The van der Waals surface area contributed by atoms with E-state index in [4.69, 9.17) is 14.2 Å². The lowest BCUT2D eigenvalue weighted by Crippen LogP contribution is -2.39. The van der Waals surface area contributed by atoms with Crippen LogP contribution in [-0.2, 0) is 16.1 Å². The van der Waals surface area contributed by atoms with Crippen molar-refractivity contribution in [1.29, 1.82) is 0 Å². The Kier molecular flexibility index (Phi) is 8.50. The lowest BCUT2D eigenvalue weighted by Gasteiger charge is -2.24. The average Bonchev–Trinajstić information content (AvgIpc) is 3.27. The van der Waals surface area contributed by atoms with Gasteiger partial charge in [-0.15, -0.1) is 0 Å². The highest BCUT2D eigenvalue weighted by Crippen LogP contribution is 2.32. The molecule has 41 heavy (non-hydrogen) atoms. The van der Waals surface area contributed by atoms with Gasteiger partial charge in [-0.1, -0.05) is 77.6 Å². The number of carbonyl (C=O) groups excluding carboxylic acids is 1. The summed E-state index contributed by atoms with van der Waals surface area (Å²) in [5.74, 6) is 0.757. The van der Waals surface area contributed by atoms with Crippen molar-refractivity contribution >= 4 is 23.4 Å². The molecule has 1 aliphatic heterocycles. The van der Waals surface area contributed by atoms with Crippen molar-refractivity contribution in [3.8, 4) is 11.5 Å². The third-order valence-electron chi connectivity index (χ3n) is 6.71. The van der Waals surface area contributed by atoms with E-state index in [1.54, 1.807) is 18.4 Å². The molecule has 1 aromatic heterocycles. The topological polar surface area (TPSA) is 79.1 Å². The van der Waals surface area contributed by atoms with Gasteiger partial charge in [0.25, 0.3) is 5.56 Å². The lowest BCUT2D eigenvalue weighted by molar-refractivity contribution is -0.139. The zero-order valence-corrected chi connectivity index (χ0v) is 24.4. The Morgan fingerprint density at radius 1 is 0.951 bits per heavy atom. The van der Waals surface area contributed by atoms with Crippen molar-refractivity contribution in [2.45, 2.75) is 40.3 Å². The molecular formula is C33H32N2O5S. The van der Waals surface area contributed by atoms with Crippen LogP contribution in [-0.4, -0.2) is 23.8 Å². The molecule has 0 bridgehead atoms. The zero-order chi connectivity index (χ0) is 28.9. The summed E-state index contributed by atoms with van der Waals surface area (Å²) in [4.78, 5) is 32.1. The van der Waals surface area contributed by atoms with Crippen molar-refractivity contribution in [2.24, 2.45) is 4.99 Å². The molecule has 5 rings (SSSR count). The molecule has 0 saturated heterocycles. The van der Waals surface area contributed by atoms with Crippen LogP contribution in [0.15, 0.2) is 93.9 Å². The van der Waals surface area contributed by atoms with Gasteiger partial charge >= 0.3 is 5.97 Å². The van der Waals surface area contributed by atoms with Crippen LogP contribution in [0.2, 0.25) is 0 Å². The van der Waals surface area contributed by atoms with E-state index in [0.717, 1.165) is 22.3 Å². The van der Waals surface area contributed by atoms with Crippen LogP contribution >= 0.6 is 11.3 Å². The van der Waals surface area contributed by atoms with Crippen molar-refractivity contribution < 1.29 is 19.0 Å². The molecule has 3 aromatic carbocycles. The van der Waals surface area contributed by atoms with Crippen LogP contribution < -0.4 is 24.4 Å². The molecule has 0 saturated carbocycles. The first-order chi connectivity index (χ1) is 19.9. The van der Waals surface area contributed by atoms with Gasteiger partial charge in [-0.25, -0.2) is 9.79 Å². The van der Waals surface area contributed by atoms with Crippen molar-refractivity contribution in [3.05, 3.63) is 126 Å². The maximum absolute atomic E-state index is 13.9. The van der Waals surface area contributed by atoms with Crippen LogP contribution in [0.5, 0.6) is 11.5 Å². The predicted molar refractivity (Wildman–Crippen MR) is 160 cm³/mol. The number of fused-ring (bicyclic) bond motifs is 1. The number of benzene rings is 3. The second-order valence-electron chi connectivity index (χ2n) is 9.63. The van der Waals surface area contributed by atoms with Crippen molar-refractivity contribution in [2.75, 3.05) is 13.2 Å². The maximum atomic E-state index is 13.9. The minimum Gasteiger partial charge on any atom is -0.490 e. The monoisotopic (exact) mass is 568 g/mol. The van der Waals surface area contributed by atoms with Crippen LogP contribution in [0.4, 0.5) is 0 Å². The molecule has 0 fully saturated rings. The van der Waals surface area contributed by atoms with Crippen LogP contribution in [0.3, 0.4) is 0 Å². The number of carbonyl (C=O) groups is 1. The lowest BCUT2D eigenvalue weighted by atomic mass is 9.95. The second-order valence-corrected chi connectivity index (χ2v) is 10.6. The number of nitrogens with zero attached hydrogens (tertiary/aromatic N) is 2. The summed E-state index contributed by atoms with van der Waals surface area (Å²) in [6.07, 6.45) is 1.82. The number of ether oxygens (including phenoxy) is 3. The smallest absolute Gasteiger partial charge is 0.338 e. The van der Waals surface area contributed by atoms with E-state index in [1.807, 2.05) is 92.7 Å². The predicted octanol–water partition coefficient (Wildman–Crippen LogP) is 5.08. The number of thiazole rings is 1. The van der Waals surface area contributed by atoms with Gasteiger partial charge in [0, 0.05) is 0 Å². The van der Waals surface area contributed by atoms with E-state index >= 15 is 0 Å². The SMILES string of the molecule is CCOC(=O)C1=C(C)N=c2s/c(=C/c3ccc(OCc4ccccc4)c(OCC)c3)c(=O)n2[C@H]1c1ccc(C)cc1. The number of rotatable bonds is 9. The highest BCUT2D eigenvalue weighted by molar-refractivity contribution is 7.07. The number of aryl methyl sites for hydroxylation is 1. The molecule has 0 unspecified atom stereocenters. The summed E-state index contributed by atoms with van der Waals surface area (Å²) in [7, 11) is 0. The van der Waals surface area contributed by atoms with Gasteiger partial charge < -0.3 is 14.2 Å². The van der Waals surface area contributed by atoms with E-state index in [9.17, 15) is 9.59 Å². The van der Waals surface area contributed by atoms with E-state index < -0.39 is 12.0 Å². The summed E-state index contributed by atoms with van der Waals surface area (Å²) in [5.41, 5.74) is 4.43. The van der Waals surface area contributed by atoms with E-state index in [0.29, 0.717) is 45.3 Å². The Labute approximate surface area is 242 Å². The Morgan fingerprint density at radius 2 is 1.71 bits per heavy atom. The molecule has 1 atom stereocenters. The third kappa shape index (κ3) is 6.02. The standard InChI is InChI=1S/C33H32N2O5S/c1-5-38-27-18-24(14-17-26(27)40-20-23-10-8-7-9-11-23)19-28-31(36)35-30(25-15-12-21(3)13-16-25)29(32(37)39-6-2)22(4)34-33(35)41-28/h7-19,30H,5-6,20H2,1-4H3/b28-19+/t30-/m0/s1. The number of aromatic nitrogens is 1. The van der Waals surface area contributed by atoms with Gasteiger partial charge in [0.05, 0.1) is 35.1 Å². The van der Waals surface area contributed by atoms with Gasteiger partial charge in [-0.2, -0.15) is 0 Å².